The highest BCUT2D eigenvalue weighted by molar-refractivity contribution is 5.16. The molecular weight excluding hydrogens is 260 g/mol. The van der Waals surface area contributed by atoms with Crippen LogP contribution >= 0.6 is 0 Å². The lowest BCUT2D eigenvalue weighted by Crippen LogP contribution is -2.67. The molecule has 0 unspecified atom stereocenters. The first-order chi connectivity index (χ1) is 9.70. The number of benzene rings is 1. The van der Waals surface area contributed by atoms with Crippen LogP contribution in [-0.4, -0.2) is 44.3 Å². The smallest absolute Gasteiger partial charge is 0.184 e. The largest absolute Gasteiger partial charge is 0.354 e. The lowest BCUT2D eigenvalue weighted by Gasteiger charge is -2.47. The van der Waals surface area contributed by atoms with Gasteiger partial charge < -0.3 is 30.4 Å². The van der Waals surface area contributed by atoms with Crippen LogP contribution in [0.1, 0.15) is 11.9 Å². The number of fused-ring (bicyclic) bond motifs is 1. The summed E-state index contributed by atoms with van der Waals surface area (Å²) in [4.78, 5) is 0. The maximum Gasteiger partial charge on any atom is 0.184 e. The molecule has 0 aliphatic carbocycles. The molecule has 6 atom stereocenters. The Hall–Kier alpha value is -1.02. The number of nitrogens with two attached hydrogens (primary N) is 2. The van der Waals surface area contributed by atoms with E-state index < -0.39 is 18.6 Å². The highest BCUT2D eigenvalue weighted by atomic mass is 16.7. The molecule has 6 heteroatoms. The monoisotopic (exact) mass is 280 g/mol. The second kappa shape index (κ2) is 5.77. The molecule has 2 fully saturated rings. The Morgan fingerprint density at radius 1 is 1.10 bits per heavy atom. The summed E-state index contributed by atoms with van der Waals surface area (Å²) in [5.74, 6) is 0. The summed E-state index contributed by atoms with van der Waals surface area (Å²) in [6.45, 7) is 0.407. The minimum absolute atomic E-state index is 0.255. The predicted octanol–water partition coefficient (Wildman–Crippen LogP) is 0.127. The molecule has 20 heavy (non-hydrogen) atoms. The van der Waals surface area contributed by atoms with Crippen molar-refractivity contribution in [1.29, 1.82) is 0 Å². The van der Waals surface area contributed by atoms with Crippen molar-refractivity contribution in [1.82, 2.24) is 0 Å². The number of hydrogen-bond donors (Lipinski definition) is 2. The molecule has 1 aromatic carbocycles. The first kappa shape index (κ1) is 13.9. The SMILES string of the molecule is CO[C@H]1O[C@@H]2CO[C@H](c3ccccc3)O[C@@H]2[C@@H](N)[C@H]1N. The Kier molecular flexibility index (Phi) is 4.02. The Bertz CT molecular complexity index is 442. The van der Waals surface area contributed by atoms with Gasteiger partial charge in [0.25, 0.3) is 0 Å². The summed E-state index contributed by atoms with van der Waals surface area (Å²) in [6.07, 6.45) is -1.50. The second-order valence-electron chi connectivity index (χ2n) is 5.11. The van der Waals surface area contributed by atoms with Crippen LogP contribution in [0.2, 0.25) is 0 Å². The van der Waals surface area contributed by atoms with E-state index in [1.54, 1.807) is 7.11 Å². The maximum atomic E-state index is 6.17. The molecule has 0 bridgehead atoms. The van der Waals surface area contributed by atoms with Gasteiger partial charge in [0.2, 0.25) is 0 Å². The van der Waals surface area contributed by atoms with Crippen LogP contribution in [0.15, 0.2) is 30.3 Å². The van der Waals surface area contributed by atoms with Crippen LogP contribution in [0.25, 0.3) is 0 Å². The third kappa shape index (κ3) is 2.46. The van der Waals surface area contributed by atoms with Gasteiger partial charge in [-0.15, -0.1) is 0 Å². The average Bonchev–Trinajstić information content (AvgIpc) is 2.51. The van der Waals surface area contributed by atoms with E-state index in [1.165, 1.54) is 0 Å². The zero-order valence-electron chi connectivity index (χ0n) is 11.3. The van der Waals surface area contributed by atoms with Gasteiger partial charge in [-0.3, -0.25) is 0 Å². The molecule has 0 spiro atoms. The van der Waals surface area contributed by atoms with Crippen molar-refractivity contribution in [2.75, 3.05) is 13.7 Å². The van der Waals surface area contributed by atoms with Gasteiger partial charge in [0.1, 0.15) is 12.2 Å². The van der Waals surface area contributed by atoms with Crippen molar-refractivity contribution in [3.63, 3.8) is 0 Å². The minimum Gasteiger partial charge on any atom is -0.354 e. The number of ether oxygens (including phenoxy) is 4. The maximum absolute atomic E-state index is 6.17. The molecule has 2 aliphatic rings. The molecular formula is C14H20N2O4. The van der Waals surface area contributed by atoms with Crippen molar-refractivity contribution < 1.29 is 18.9 Å². The van der Waals surface area contributed by atoms with Crippen LogP contribution in [0, 0.1) is 0 Å². The van der Waals surface area contributed by atoms with Crippen molar-refractivity contribution in [2.45, 2.75) is 36.9 Å². The lowest BCUT2D eigenvalue weighted by molar-refractivity contribution is -0.321. The Morgan fingerprint density at radius 2 is 1.85 bits per heavy atom. The van der Waals surface area contributed by atoms with Crippen LogP contribution in [0.5, 0.6) is 0 Å². The van der Waals surface area contributed by atoms with Gasteiger partial charge in [-0.05, 0) is 0 Å². The zero-order chi connectivity index (χ0) is 14.1. The van der Waals surface area contributed by atoms with Crippen LogP contribution in [0.3, 0.4) is 0 Å². The van der Waals surface area contributed by atoms with Crippen molar-refractivity contribution in [3.05, 3.63) is 35.9 Å². The number of hydrogen-bond acceptors (Lipinski definition) is 6. The van der Waals surface area contributed by atoms with E-state index in [0.717, 1.165) is 5.56 Å². The van der Waals surface area contributed by atoms with E-state index >= 15 is 0 Å². The van der Waals surface area contributed by atoms with Gasteiger partial charge in [0.05, 0.1) is 18.7 Å². The standard InChI is InChI=1S/C14H20N2O4/c1-17-14-11(16)10(15)12-9(19-14)7-18-13(20-12)8-5-3-2-4-6-8/h2-6,9-14H,7,15-16H2,1H3/t9-,10+,11-,12+,13+,14+/m1/s1. The molecule has 0 amide bonds. The fourth-order valence-corrected chi connectivity index (χ4v) is 2.66. The Balaban J connectivity index is 1.74. The third-order valence-corrected chi connectivity index (χ3v) is 3.81. The molecule has 0 aromatic heterocycles. The van der Waals surface area contributed by atoms with E-state index in [4.69, 9.17) is 30.4 Å². The zero-order valence-corrected chi connectivity index (χ0v) is 11.3. The molecule has 2 heterocycles. The van der Waals surface area contributed by atoms with Gasteiger partial charge in [-0.2, -0.15) is 0 Å². The van der Waals surface area contributed by atoms with E-state index in [-0.39, 0.29) is 18.2 Å². The van der Waals surface area contributed by atoms with Crippen molar-refractivity contribution in [2.24, 2.45) is 11.5 Å². The quantitative estimate of drug-likeness (QED) is 0.800. The van der Waals surface area contributed by atoms with Crippen molar-refractivity contribution in [3.8, 4) is 0 Å². The Morgan fingerprint density at radius 3 is 2.55 bits per heavy atom. The summed E-state index contributed by atoms with van der Waals surface area (Å²) in [5.41, 5.74) is 13.2. The van der Waals surface area contributed by atoms with Crippen molar-refractivity contribution >= 4 is 0 Å². The minimum atomic E-state index is -0.522. The Labute approximate surface area is 117 Å². The molecule has 2 aliphatic heterocycles. The second-order valence-corrected chi connectivity index (χ2v) is 5.11. The normalized spacial score (nSPS) is 41.1. The third-order valence-electron chi connectivity index (χ3n) is 3.81. The van der Waals surface area contributed by atoms with Gasteiger partial charge >= 0.3 is 0 Å². The van der Waals surface area contributed by atoms with Gasteiger partial charge in [-0.1, -0.05) is 30.3 Å². The van der Waals surface area contributed by atoms with Gasteiger partial charge in [0.15, 0.2) is 12.6 Å². The van der Waals surface area contributed by atoms with Crippen LogP contribution in [-0.2, 0) is 18.9 Å². The molecule has 4 N–H and O–H groups in total. The first-order valence-corrected chi connectivity index (χ1v) is 6.72. The molecule has 0 saturated carbocycles. The fourth-order valence-electron chi connectivity index (χ4n) is 2.66. The summed E-state index contributed by atoms with van der Waals surface area (Å²) < 4.78 is 22.6. The van der Waals surface area contributed by atoms with Gasteiger partial charge in [-0.25, -0.2) is 0 Å². The van der Waals surface area contributed by atoms with E-state index in [0.29, 0.717) is 6.61 Å². The average molecular weight is 280 g/mol. The summed E-state index contributed by atoms with van der Waals surface area (Å²) in [7, 11) is 1.55. The molecule has 2 saturated heterocycles. The van der Waals surface area contributed by atoms with Gasteiger partial charge in [0, 0.05) is 12.7 Å². The van der Waals surface area contributed by atoms with E-state index in [9.17, 15) is 0 Å². The molecule has 110 valence electrons. The summed E-state index contributed by atoms with van der Waals surface area (Å²) in [5, 5.41) is 0. The van der Waals surface area contributed by atoms with E-state index in [2.05, 4.69) is 0 Å². The molecule has 6 nitrogen and oxygen atoms in total. The van der Waals surface area contributed by atoms with Crippen LogP contribution in [0.4, 0.5) is 0 Å². The summed E-state index contributed by atoms with van der Waals surface area (Å²) >= 11 is 0. The topological polar surface area (TPSA) is 89.0 Å². The molecule has 0 radical (unpaired) electrons. The number of methoxy groups -OCH3 is 1. The number of rotatable bonds is 2. The summed E-state index contributed by atoms with van der Waals surface area (Å²) in [6, 6.07) is 8.97. The fraction of sp³-hybridized carbons (Fsp3) is 0.571. The molecule has 3 rings (SSSR count). The van der Waals surface area contributed by atoms with E-state index in [1.807, 2.05) is 30.3 Å². The first-order valence-electron chi connectivity index (χ1n) is 6.72. The van der Waals surface area contributed by atoms with Crippen LogP contribution < -0.4 is 11.5 Å². The lowest BCUT2D eigenvalue weighted by atomic mass is 9.94. The highest BCUT2D eigenvalue weighted by Crippen LogP contribution is 2.32. The molecule has 1 aromatic rings. The predicted molar refractivity (Wildman–Crippen MR) is 71.6 cm³/mol. The highest BCUT2D eigenvalue weighted by Gasteiger charge is 2.47.